The maximum absolute atomic E-state index is 13.1. The Morgan fingerprint density at radius 2 is 1.77 bits per heavy atom. The minimum atomic E-state index is -0.0340. The van der Waals surface area contributed by atoms with Gasteiger partial charge in [-0.05, 0) is 54.5 Å². The van der Waals surface area contributed by atoms with Crippen LogP contribution in [0.3, 0.4) is 0 Å². The van der Waals surface area contributed by atoms with Crippen LogP contribution in [0.25, 0.3) is 0 Å². The number of carbonyl (C=O) groups is 2. The number of amides is 2. The van der Waals surface area contributed by atoms with E-state index < -0.39 is 0 Å². The molecule has 1 aromatic heterocycles. The summed E-state index contributed by atoms with van der Waals surface area (Å²) in [6.07, 6.45) is 4.70. The summed E-state index contributed by atoms with van der Waals surface area (Å²) in [6.45, 7) is 3.67. The van der Waals surface area contributed by atoms with Crippen molar-refractivity contribution in [2.24, 2.45) is 11.3 Å². The Bertz CT molecular complexity index is 914. The van der Waals surface area contributed by atoms with Crippen molar-refractivity contribution in [2.45, 2.75) is 37.5 Å². The Kier molecular flexibility index (Phi) is 5.61. The highest BCUT2D eigenvalue weighted by molar-refractivity contribution is 7.12. The molecular formula is C25H30N2O3S. The quantitative estimate of drug-likeness (QED) is 0.771. The smallest absolute Gasteiger partial charge is 0.263 e. The predicted octanol–water partition coefficient (Wildman–Crippen LogP) is 3.86. The number of hydrogen-bond acceptors (Lipinski definition) is 4. The Hall–Kier alpha value is -2.18. The molecule has 5 rings (SSSR count). The lowest BCUT2D eigenvalue weighted by Gasteiger charge is -2.38. The molecule has 3 aliphatic rings. The minimum Gasteiger partial charge on any atom is -0.381 e. The molecule has 0 bridgehead atoms. The zero-order valence-electron chi connectivity index (χ0n) is 17.8. The number of ether oxygens (including phenoxy) is 1. The molecule has 1 saturated carbocycles. The van der Waals surface area contributed by atoms with Gasteiger partial charge in [0.05, 0.1) is 4.88 Å². The van der Waals surface area contributed by atoms with Crippen molar-refractivity contribution in [3.63, 3.8) is 0 Å². The molecule has 1 spiro atoms. The van der Waals surface area contributed by atoms with Gasteiger partial charge in [0.2, 0.25) is 5.91 Å². The van der Waals surface area contributed by atoms with Crippen LogP contribution < -0.4 is 5.32 Å². The number of benzene rings is 1. The third kappa shape index (κ3) is 4.03. The molecule has 31 heavy (non-hydrogen) atoms. The van der Waals surface area contributed by atoms with Crippen molar-refractivity contribution in [2.75, 3.05) is 32.8 Å². The van der Waals surface area contributed by atoms with Crippen LogP contribution in [0.4, 0.5) is 0 Å². The van der Waals surface area contributed by atoms with Crippen LogP contribution in [0, 0.1) is 11.3 Å². The lowest BCUT2D eigenvalue weighted by atomic mass is 9.74. The second-order valence-electron chi connectivity index (χ2n) is 9.37. The second-order valence-corrected chi connectivity index (χ2v) is 10.3. The molecule has 1 N–H and O–H groups in total. The van der Waals surface area contributed by atoms with E-state index in [4.69, 9.17) is 4.74 Å². The van der Waals surface area contributed by atoms with Gasteiger partial charge in [-0.3, -0.25) is 9.59 Å². The van der Waals surface area contributed by atoms with E-state index in [9.17, 15) is 9.59 Å². The molecule has 1 unspecified atom stereocenters. The van der Waals surface area contributed by atoms with E-state index in [0.717, 1.165) is 63.3 Å². The summed E-state index contributed by atoms with van der Waals surface area (Å²) in [4.78, 5) is 28.4. The fourth-order valence-corrected chi connectivity index (χ4v) is 6.17. The number of likely N-dealkylation sites (tertiary alicyclic amines) is 1. The lowest BCUT2D eigenvalue weighted by molar-refractivity contribution is -0.123. The maximum atomic E-state index is 13.1. The van der Waals surface area contributed by atoms with Gasteiger partial charge in [0.15, 0.2) is 0 Å². The van der Waals surface area contributed by atoms with Gasteiger partial charge in [0, 0.05) is 44.2 Å². The maximum Gasteiger partial charge on any atom is 0.263 e. The van der Waals surface area contributed by atoms with Gasteiger partial charge in [-0.2, -0.15) is 0 Å². The summed E-state index contributed by atoms with van der Waals surface area (Å²) in [5.74, 6) is 0.426. The summed E-state index contributed by atoms with van der Waals surface area (Å²) in [5, 5.41) is 5.25. The molecule has 5 nitrogen and oxygen atoms in total. The Balaban J connectivity index is 1.17. The largest absolute Gasteiger partial charge is 0.381 e. The molecular weight excluding hydrogens is 408 g/mol. The van der Waals surface area contributed by atoms with E-state index in [0.29, 0.717) is 6.54 Å². The number of carbonyl (C=O) groups excluding carboxylic acids is 2. The second kappa shape index (κ2) is 8.40. The van der Waals surface area contributed by atoms with Gasteiger partial charge in [0.25, 0.3) is 5.91 Å². The zero-order chi connectivity index (χ0) is 21.3. The molecule has 1 aromatic carbocycles. The fourth-order valence-electron chi connectivity index (χ4n) is 5.48. The number of piperidine rings is 1. The first-order valence-corrected chi connectivity index (χ1v) is 12.2. The molecule has 164 valence electrons. The summed E-state index contributed by atoms with van der Waals surface area (Å²) in [7, 11) is 0. The van der Waals surface area contributed by atoms with Gasteiger partial charge in [0.1, 0.15) is 0 Å². The number of rotatable bonds is 5. The van der Waals surface area contributed by atoms with Gasteiger partial charge in [-0.1, -0.05) is 36.4 Å². The first-order chi connectivity index (χ1) is 15.1. The predicted molar refractivity (Wildman–Crippen MR) is 121 cm³/mol. The van der Waals surface area contributed by atoms with Crippen LogP contribution >= 0.6 is 11.3 Å². The van der Waals surface area contributed by atoms with Crippen LogP contribution in [-0.4, -0.2) is 49.6 Å². The van der Waals surface area contributed by atoms with Crippen molar-refractivity contribution >= 4 is 23.2 Å². The molecule has 1 atom stereocenters. The van der Waals surface area contributed by atoms with Gasteiger partial charge < -0.3 is 15.0 Å². The molecule has 2 saturated heterocycles. The SMILES string of the molecule is O=C(NCC1(c2ccccc2)CCOCC1)C1CC12CCN(C(=O)c1cccs1)CC2. The van der Waals surface area contributed by atoms with Crippen LogP contribution in [0.1, 0.15) is 47.3 Å². The molecule has 3 fully saturated rings. The van der Waals surface area contributed by atoms with Crippen molar-refractivity contribution in [3.8, 4) is 0 Å². The number of thiophene rings is 1. The van der Waals surface area contributed by atoms with Gasteiger partial charge >= 0.3 is 0 Å². The van der Waals surface area contributed by atoms with Crippen LogP contribution in [0.15, 0.2) is 47.8 Å². The standard InChI is InChI=1S/C25H30N2O3S/c28-22(26-18-25(10-14-30-15-11-25)19-5-2-1-3-6-19)20-17-24(20)8-12-27(13-9-24)23(29)21-7-4-16-31-21/h1-7,16,20H,8-15,17-18H2,(H,26,28). The molecule has 1 aliphatic carbocycles. The average Bonchev–Trinajstić information content (AvgIpc) is 3.24. The van der Waals surface area contributed by atoms with Crippen molar-refractivity contribution in [1.82, 2.24) is 10.2 Å². The Morgan fingerprint density at radius 1 is 1.03 bits per heavy atom. The highest BCUT2D eigenvalue weighted by Gasteiger charge is 2.58. The first kappa shape index (κ1) is 20.7. The van der Waals surface area contributed by atoms with Crippen LogP contribution in [0.2, 0.25) is 0 Å². The number of nitrogens with zero attached hydrogens (tertiary/aromatic N) is 1. The zero-order valence-corrected chi connectivity index (χ0v) is 18.7. The molecule has 2 amide bonds. The topological polar surface area (TPSA) is 58.6 Å². The van der Waals surface area contributed by atoms with E-state index in [1.54, 1.807) is 0 Å². The summed E-state index contributed by atoms with van der Waals surface area (Å²) in [5.41, 5.74) is 1.36. The lowest BCUT2D eigenvalue weighted by Crippen LogP contribution is -2.46. The summed E-state index contributed by atoms with van der Waals surface area (Å²) < 4.78 is 5.61. The van der Waals surface area contributed by atoms with Crippen molar-refractivity contribution in [3.05, 3.63) is 58.3 Å². The summed E-state index contributed by atoms with van der Waals surface area (Å²) in [6, 6.07) is 14.4. The van der Waals surface area contributed by atoms with E-state index >= 15 is 0 Å². The first-order valence-electron chi connectivity index (χ1n) is 11.4. The van der Waals surface area contributed by atoms with Crippen LogP contribution in [0.5, 0.6) is 0 Å². The molecule has 2 aliphatic heterocycles. The Labute approximate surface area is 187 Å². The highest BCUT2D eigenvalue weighted by Crippen LogP contribution is 2.59. The van der Waals surface area contributed by atoms with E-state index in [1.165, 1.54) is 16.9 Å². The van der Waals surface area contributed by atoms with Gasteiger partial charge in [-0.25, -0.2) is 0 Å². The normalized spacial score (nSPS) is 24.0. The third-order valence-electron chi connectivity index (χ3n) is 7.72. The summed E-state index contributed by atoms with van der Waals surface area (Å²) >= 11 is 1.50. The van der Waals surface area contributed by atoms with Crippen LogP contribution in [-0.2, 0) is 14.9 Å². The Morgan fingerprint density at radius 3 is 2.45 bits per heavy atom. The number of nitrogens with one attached hydrogen (secondary N) is 1. The average molecular weight is 439 g/mol. The molecule has 0 radical (unpaired) electrons. The van der Waals surface area contributed by atoms with Crippen molar-refractivity contribution < 1.29 is 14.3 Å². The highest BCUT2D eigenvalue weighted by atomic mass is 32.1. The monoisotopic (exact) mass is 438 g/mol. The fraction of sp³-hybridized carbons (Fsp3) is 0.520. The van der Waals surface area contributed by atoms with Gasteiger partial charge in [-0.15, -0.1) is 11.3 Å². The van der Waals surface area contributed by atoms with E-state index in [1.807, 2.05) is 28.5 Å². The van der Waals surface area contributed by atoms with E-state index in [2.05, 4.69) is 29.6 Å². The molecule has 2 aromatic rings. The third-order valence-corrected chi connectivity index (χ3v) is 8.58. The molecule has 3 heterocycles. The minimum absolute atomic E-state index is 0.0340. The van der Waals surface area contributed by atoms with Crippen molar-refractivity contribution in [1.29, 1.82) is 0 Å². The number of hydrogen-bond donors (Lipinski definition) is 1. The molecule has 6 heteroatoms. The van der Waals surface area contributed by atoms with E-state index in [-0.39, 0.29) is 28.6 Å².